The highest BCUT2D eigenvalue weighted by molar-refractivity contribution is 7.53. The molecule has 0 bridgehead atoms. The first-order valence-electron chi connectivity index (χ1n) is 7.19. The minimum absolute atomic E-state index is 0.0173. The number of methoxy groups -OCH3 is 2. The van der Waals surface area contributed by atoms with E-state index in [1.54, 1.807) is 0 Å². The van der Waals surface area contributed by atoms with Crippen LogP contribution in [0.15, 0.2) is 36.4 Å². The first kappa shape index (κ1) is 18.8. The van der Waals surface area contributed by atoms with E-state index < -0.39 is 7.60 Å². The van der Waals surface area contributed by atoms with E-state index >= 15 is 0 Å². The Balaban J connectivity index is 2.72. The predicted molar refractivity (Wildman–Crippen MR) is 95.3 cm³/mol. The van der Waals surface area contributed by atoms with Crippen molar-refractivity contribution in [2.24, 2.45) is 0 Å². The van der Waals surface area contributed by atoms with Crippen LogP contribution < -0.4 is 9.47 Å². The van der Waals surface area contributed by atoms with Crippen molar-refractivity contribution in [1.82, 2.24) is 0 Å². The van der Waals surface area contributed by atoms with Gasteiger partial charge in [0, 0.05) is 14.2 Å². The molecule has 0 amide bonds. The molecule has 5 nitrogen and oxygen atoms in total. The van der Waals surface area contributed by atoms with Crippen molar-refractivity contribution in [3.8, 4) is 22.6 Å². The topological polar surface area (TPSA) is 54.0 Å². The summed E-state index contributed by atoms with van der Waals surface area (Å²) in [5.41, 5.74) is 2.31. The summed E-state index contributed by atoms with van der Waals surface area (Å²) in [6, 6.07) is 11.4. The normalized spacial score (nSPS) is 11.4. The fourth-order valence-corrected chi connectivity index (χ4v) is 3.97. The van der Waals surface area contributed by atoms with E-state index in [0.29, 0.717) is 22.1 Å². The molecular weight excluding hydrogens is 351 g/mol. The lowest BCUT2D eigenvalue weighted by Gasteiger charge is -2.20. The van der Waals surface area contributed by atoms with Gasteiger partial charge in [-0.05, 0) is 22.8 Å². The Hall–Kier alpha value is -1.52. The molecular formula is C17H20ClO5P. The van der Waals surface area contributed by atoms with Crippen molar-refractivity contribution < 1.29 is 23.1 Å². The second-order valence-electron chi connectivity index (χ2n) is 4.95. The molecule has 0 spiro atoms. The van der Waals surface area contributed by atoms with E-state index in [4.69, 9.17) is 30.1 Å². The van der Waals surface area contributed by atoms with Gasteiger partial charge in [-0.25, -0.2) is 0 Å². The maximum absolute atomic E-state index is 12.6. The lowest BCUT2D eigenvalue weighted by Crippen LogP contribution is -2.01. The van der Waals surface area contributed by atoms with Gasteiger partial charge in [-0.1, -0.05) is 41.9 Å². The first-order valence-corrected chi connectivity index (χ1v) is 9.29. The second kappa shape index (κ2) is 8.04. The van der Waals surface area contributed by atoms with Crippen LogP contribution in [-0.4, -0.2) is 28.4 Å². The van der Waals surface area contributed by atoms with E-state index in [2.05, 4.69) is 0 Å². The molecule has 0 unspecified atom stereocenters. The molecule has 0 aliphatic heterocycles. The standard InChI is InChI=1S/C17H20ClO5P/c1-20-15-10-13(12-8-6-5-7-9-12)14(16(18)17(15)21-2)11-24(19,22-3)23-4/h5-10H,11H2,1-4H3. The Morgan fingerprint density at radius 1 is 1.00 bits per heavy atom. The van der Waals surface area contributed by atoms with E-state index in [0.717, 1.165) is 11.1 Å². The number of hydrogen-bond donors (Lipinski definition) is 0. The molecule has 2 rings (SSSR count). The minimum Gasteiger partial charge on any atom is -0.493 e. The molecule has 0 aliphatic carbocycles. The Labute approximate surface area is 147 Å². The van der Waals surface area contributed by atoms with Crippen LogP contribution >= 0.6 is 19.2 Å². The average molecular weight is 371 g/mol. The van der Waals surface area contributed by atoms with E-state index in [1.165, 1.54) is 28.4 Å². The highest BCUT2D eigenvalue weighted by Gasteiger charge is 2.28. The van der Waals surface area contributed by atoms with Gasteiger partial charge >= 0.3 is 7.60 Å². The number of ether oxygens (including phenoxy) is 2. The molecule has 0 heterocycles. The van der Waals surface area contributed by atoms with Crippen molar-refractivity contribution >= 4 is 19.2 Å². The molecule has 130 valence electrons. The van der Waals surface area contributed by atoms with Crippen LogP contribution in [0.2, 0.25) is 5.02 Å². The summed E-state index contributed by atoms with van der Waals surface area (Å²) >= 11 is 6.53. The average Bonchev–Trinajstić information content (AvgIpc) is 2.63. The van der Waals surface area contributed by atoms with E-state index in [1.807, 2.05) is 36.4 Å². The van der Waals surface area contributed by atoms with Gasteiger partial charge < -0.3 is 18.5 Å². The Morgan fingerprint density at radius 2 is 1.62 bits per heavy atom. The largest absolute Gasteiger partial charge is 0.493 e. The third-order valence-corrected chi connectivity index (χ3v) is 5.92. The van der Waals surface area contributed by atoms with Gasteiger partial charge in [0.2, 0.25) is 0 Å². The first-order chi connectivity index (χ1) is 11.5. The molecule has 0 radical (unpaired) electrons. The zero-order valence-corrected chi connectivity index (χ0v) is 15.7. The SMILES string of the molecule is COc1cc(-c2ccccc2)c(CP(=O)(OC)OC)c(Cl)c1OC. The zero-order valence-electron chi connectivity index (χ0n) is 14.0. The molecule has 0 fully saturated rings. The van der Waals surface area contributed by atoms with Crippen LogP contribution in [-0.2, 0) is 19.8 Å². The third kappa shape index (κ3) is 3.76. The van der Waals surface area contributed by atoms with Crippen molar-refractivity contribution in [3.63, 3.8) is 0 Å². The van der Waals surface area contributed by atoms with Gasteiger partial charge in [0.25, 0.3) is 0 Å². The molecule has 2 aromatic carbocycles. The molecule has 0 aromatic heterocycles. The summed E-state index contributed by atoms with van der Waals surface area (Å²) < 4.78 is 33.5. The van der Waals surface area contributed by atoms with Crippen molar-refractivity contribution in [2.75, 3.05) is 28.4 Å². The van der Waals surface area contributed by atoms with Crippen LogP contribution in [0.25, 0.3) is 11.1 Å². The summed E-state index contributed by atoms with van der Waals surface area (Å²) in [5, 5.41) is 0.324. The maximum Gasteiger partial charge on any atom is 0.334 e. The molecule has 0 saturated carbocycles. The van der Waals surface area contributed by atoms with E-state index in [-0.39, 0.29) is 6.16 Å². The summed E-state index contributed by atoms with van der Waals surface area (Å²) in [6.07, 6.45) is 0.0173. The molecule has 0 saturated heterocycles. The summed E-state index contributed by atoms with van der Waals surface area (Å²) in [5.74, 6) is 0.877. The molecule has 0 aliphatic rings. The molecule has 0 atom stereocenters. The minimum atomic E-state index is -3.31. The summed E-state index contributed by atoms with van der Waals surface area (Å²) in [6.45, 7) is 0. The van der Waals surface area contributed by atoms with Crippen molar-refractivity contribution in [3.05, 3.63) is 47.0 Å². The summed E-state index contributed by atoms with van der Waals surface area (Å²) in [7, 11) is 2.43. The fourth-order valence-electron chi connectivity index (χ4n) is 2.42. The van der Waals surface area contributed by atoms with Crippen molar-refractivity contribution in [2.45, 2.75) is 6.16 Å². The number of hydrogen-bond acceptors (Lipinski definition) is 5. The highest BCUT2D eigenvalue weighted by atomic mass is 35.5. The van der Waals surface area contributed by atoms with E-state index in [9.17, 15) is 4.57 Å². The van der Waals surface area contributed by atoms with Gasteiger partial charge in [0.05, 0.1) is 25.4 Å². The maximum atomic E-state index is 12.6. The summed E-state index contributed by atoms with van der Waals surface area (Å²) in [4.78, 5) is 0. The molecule has 7 heteroatoms. The molecule has 0 N–H and O–H groups in total. The lowest BCUT2D eigenvalue weighted by molar-refractivity contribution is 0.274. The van der Waals surface area contributed by atoms with Gasteiger partial charge in [-0.3, -0.25) is 4.57 Å². The third-order valence-electron chi connectivity index (χ3n) is 3.71. The number of benzene rings is 2. The molecule has 24 heavy (non-hydrogen) atoms. The number of halogens is 1. The van der Waals surface area contributed by atoms with Gasteiger partial charge in [-0.2, -0.15) is 0 Å². The van der Waals surface area contributed by atoms with Crippen LogP contribution in [0, 0.1) is 0 Å². The molecule has 2 aromatic rings. The second-order valence-corrected chi connectivity index (χ2v) is 7.60. The lowest BCUT2D eigenvalue weighted by atomic mass is 9.99. The van der Waals surface area contributed by atoms with Crippen LogP contribution in [0.3, 0.4) is 0 Å². The quantitative estimate of drug-likeness (QED) is 0.641. The van der Waals surface area contributed by atoms with Crippen LogP contribution in [0.1, 0.15) is 5.56 Å². The van der Waals surface area contributed by atoms with Crippen LogP contribution in [0.5, 0.6) is 11.5 Å². The van der Waals surface area contributed by atoms with Crippen LogP contribution in [0.4, 0.5) is 0 Å². The monoisotopic (exact) mass is 370 g/mol. The smallest absolute Gasteiger partial charge is 0.334 e. The number of rotatable bonds is 7. The Bertz CT molecular complexity index is 740. The fraction of sp³-hybridized carbons (Fsp3) is 0.294. The zero-order chi connectivity index (χ0) is 17.7. The van der Waals surface area contributed by atoms with Crippen molar-refractivity contribution in [1.29, 1.82) is 0 Å². The van der Waals surface area contributed by atoms with Gasteiger partial charge in [0.1, 0.15) is 0 Å². The predicted octanol–water partition coefficient (Wildman–Crippen LogP) is 5.01. The Kier molecular flexibility index (Phi) is 6.30. The van der Waals surface area contributed by atoms with Gasteiger partial charge in [-0.15, -0.1) is 0 Å². The van der Waals surface area contributed by atoms with Gasteiger partial charge in [0.15, 0.2) is 11.5 Å². The highest BCUT2D eigenvalue weighted by Crippen LogP contribution is 2.54. The Morgan fingerprint density at radius 3 is 2.12 bits per heavy atom.